The maximum atomic E-state index is 11.0. The van der Waals surface area contributed by atoms with E-state index in [0.717, 1.165) is 6.26 Å². The Kier molecular flexibility index (Phi) is 6.78. The molecule has 0 aliphatic heterocycles. The zero-order valence-corrected chi connectivity index (χ0v) is 9.18. The van der Waals surface area contributed by atoms with Crippen molar-refractivity contribution in [1.29, 1.82) is 0 Å². The Morgan fingerprint density at radius 1 is 1.50 bits per heavy atom. The van der Waals surface area contributed by atoms with Crippen molar-refractivity contribution < 1.29 is 23.6 Å². The first-order valence-corrected chi connectivity index (χ1v) is 5.54. The molecule has 0 saturated carbocycles. The SMILES string of the molecule is CN(C)CCOP(=O)(O)OC=CCO. The van der Waals surface area contributed by atoms with Crippen LogP contribution in [-0.4, -0.2) is 48.8 Å². The van der Waals surface area contributed by atoms with Crippen molar-refractivity contribution in [2.45, 2.75) is 0 Å². The quantitative estimate of drug-likeness (QED) is 0.475. The zero-order valence-electron chi connectivity index (χ0n) is 8.29. The topological polar surface area (TPSA) is 79.2 Å². The van der Waals surface area contributed by atoms with Crippen molar-refractivity contribution in [2.24, 2.45) is 0 Å². The Hall–Kier alpha value is -0.390. The largest absolute Gasteiger partial charge is 0.526 e. The van der Waals surface area contributed by atoms with Crippen LogP contribution in [0.1, 0.15) is 0 Å². The number of phosphoric acid groups is 1. The highest BCUT2D eigenvalue weighted by Gasteiger charge is 2.19. The summed E-state index contributed by atoms with van der Waals surface area (Å²) in [6.07, 6.45) is 2.13. The third kappa shape index (κ3) is 8.22. The first kappa shape index (κ1) is 13.6. The maximum absolute atomic E-state index is 11.0. The molecular weight excluding hydrogens is 209 g/mol. The van der Waals surface area contributed by atoms with Crippen molar-refractivity contribution in [3.8, 4) is 0 Å². The Labute approximate surface area is 83.4 Å². The summed E-state index contributed by atoms with van der Waals surface area (Å²) >= 11 is 0. The lowest BCUT2D eigenvalue weighted by Gasteiger charge is -2.12. The van der Waals surface area contributed by atoms with Crippen molar-refractivity contribution in [3.05, 3.63) is 12.3 Å². The number of rotatable bonds is 7. The smallest absolute Gasteiger partial charge is 0.412 e. The van der Waals surface area contributed by atoms with E-state index in [9.17, 15) is 4.57 Å². The Morgan fingerprint density at radius 2 is 2.14 bits per heavy atom. The van der Waals surface area contributed by atoms with Crippen LogP contribution in [-0.2, 0) is 13.6 Å². The summed E-state index contributed by atoms with van der Waals surface area (Å²) in [5.74, 6) is 0. The van der Waals surface area contributed by atoms with E-state index in [1.807, 2.05) is 19.0 Å². The van der Waals surface area contributed by atoms with Gasteiger partial charge in [0.25, 0.3) is 0 Å². The van der Waals surface area contributed by atoms with Gasteiger partial charge in [0.15, 0.2) is 0 Å². The number of aliphatic hydroxyl groups is 1. The van der Waals surface area contributed by atoms with Gasteiger partial charge < -0.3 is 14.5 Å². The van der Waals surface area contributed by atoms with Crippen LogP contribution in [0.5, 0.6) is 0 Å². The molecule has 0 radical (unpaired) electrons. The van der Waals surface area contributed by atoms with E-state index in [4.69, 9.17) is 10.00 Å². The summed E-state index contributed by atoms with van der Waals surface area (Å²) in [7, 11) is -0.368. The molecule has 0 saturated heterocycles. The predicted octanol–water partition coefficient (Wildman–Crippen LogP) is 0.188. The highest BCUT2D eigenvalue weighted by atomic mass is 31.2. The maximum Gasteiger partial charge on any atom is 0.526 e. The summed E-state index contributed by atoms with van der Waals surface area (Å²) in [5, 5.41) is 8.33. The molecule has 0 heterocycles. The van der Waals surface area contributed by atoms with Crippen LogP contribution in [0.2, 0.25) is 0 Å². The second kappa shape index (κ2) is 6.98. The molecule has 14 heavy (non-hydrogen) atoms. The van der Waals surface area contributed by atoms with E-state index in [1.165, 1.54) is 6.08 Å². The normalized spacial score (nSPS) is 16.1. The van der Waals surface area contributed by atoms with Crippen LogP contribution in [0, 0.1) is 0 Å². The van der Waals surface area contributed by atoms with Gasteiger partial charge in [0.1, 0.15) is 0 Å². The van der Waals surface area contributed by atoms with Crippen LogP contribution in [0.15, 0.2) is 12.3 Å². The lowest BCUT2D eigenvalue weighted by atomic mass is 10.6. The molecule has 0 amide bonds. The standard InChI is InChI=1S/C7H16NO5P/c1-8(2)4-7-13-14(10,11)12-6-3-5-9/h3,6,9H,4-5,7H2,1-2H3,(H,10,11). The van der Waals surface area contributed by atoms with Gasteiger partial charge in [-0.3, -0.25) is 9.42 Å². The second-order valence-electron chi connectivity index (χ2n) is 2.76. The minimum Gasteiger partial charge on any atom is -0.412 e. The molecule has 0 aromatic carbocycles. The molecular formula is C7H16NO5P. The summed E-state index contributed by atoms with van der Waals surface area (Å²) < 4.78 is 20.0. The lowest BCUT2D eigenvalue weighted by molar-refractivity contribution is 0.172. The summed E-state index contributed by atoms with van der Waals surface area (Å²) in [5.41, 5.74) is 0. The average molecular weight is 225 g/mol. The van der Waals surface area contributed by atoms with Gasteiger partial charge in [0.2, 0.25) is 0 Å². The summed E-state index contributed by atoms with van der Waals surface area (Å²) in [6.45, 7) is 0.378. The Balaban J connectivity index is 3.72. The van der Waals surface area contributed by atoms with Gasteiger partial charge in [0, 0.05) is 6.54 Å². The number of hydrogen-bond donors (Lipinski definition) is 2. The van der Waals surface area contributed by atoms with Crippen LogP contribution >= 0.6 is 7.82 Å². The molecule has 0 rings (SSSR count). The molecule has 1 atom stereocenters. The monoisotopic (exact) mass is 225 g/mol. The van der Waals surface area contributed by atoms with Crippen molar-refractivity contribution in [2.75, 3.05) is 33.9 Å². The van der Waals surface area contributed by atoms with E-state index >= 15 is 0 Å². The average Bonchev–Trinajstić information content (AvgIpc) is 2.03. The molecule has 1 unspecified atom stereocenters. The van der Waals surface area contributed by atoms with E-state index in [0.29, 0.717) is 6.54 Å². The lowest BCUT2D eigenvalue weighted by Crippen LogP contribution is -2.17. The van der Waals surface area contributed by atoms with Gasteiger partial charge in [-0.1, -0.05) is 0 Å². The summed E-state index contributed by atoms with van der Waals surface area (Å²) in [6, 6.07) is 0. The molecule has 0 aliphatic rings. The molecule has 0 aliphatic carbocycles. The van der Waals surface area contributed by atoms with Gasteiger partial charge in [-0.2, -0.15) is 0 Å². The molecule has 0 bridgehead atoms. The second-order valence-corrected chi connectivity index (χ2v) is 4.17. The van der Waals surface area contributed by atoms with Crippen LogP contribution in [0.4, 0.5) is 0 Å². The highest BCUT2D eigenvalue weighted by Crippen LogP contribution is 2.43. The van der Waals surface area contributed by atoms with E-state index < -0.39 is 7.82 Å². The number of nitrogens with zero attached hydrogens (tertiary/aromatic N) is 1. The van der Waals surface area contributed by atoms with Crippen molar-refractivity contribution in [3.63, 3.8) is 0 Å². The minimum atomic E-state index is -4.00. The van der Waals surface area contributed by atoms with E-state index in [2.05, 4.69) is 9.05 Å². The van der Waals surface area contributed by atoms with Crippen LogP contribution < -0.4 is 0 Å². The van der Waals surface area contributed by atoms with Gasteiger partial charge in [-0.05, 0) is 20.2 Å². The number of aliphatic hydroxyl groups excluding tert-OH is 1. The van der Waals surface area contributed by atoms with E-state index in [-0.39, 0.29) is 13.2 Å². The summed E-state index contributed by atoms with van der Waals surface area (Å²) in [4.78, 5) is 10.8. The molecule has 0 fully saturated rings. The van der Waals surface area contributed by atoms with Crippen molar-refractivity contribution in [1.82, 2.24) is 4.90 Å². The van der Waals surface area contributed by atoms with Crippen molar-refractivity contribution >= 4 is 7.82 Å². The third-order valence-electron chi connectivity index (χ3n) is 1.19. The molecule has 0 aromatic rings. The van der Waals surface area contributed by atoms with Crippen LogP contribution in [0.3, 0.4) is 0 Å². The number of phosphoric ester groups is 1. The fraction of sp³-hybridized carbons (Fsp3) is 0.714. The molecule has 2 N–H and O–H groups in total. The van der Waals surface area contributed by atoms with Gasteiger partial charge >= 0.3 is 7.82 Å². The molecule has 84 valence electrons. The van der Waals surface area contributed by atoms with Gasteiger partial charge in [-0.25, -0.2) is 4.57 Å². The van der Waals surface area contributed by atoms with Gasteiger partial charge in [0.05, 0.1) is 19.5 Å². The molecule has 0 aromatic heterocycles. The first-order valence-electron chi connectivity index (χ1n) is 4.04. The Morgan fingerprint density at radius 3 is 2.64 bits per heavy atom. The molecule has 7 heteroatoms. The Bertz CT molecular complexity index is 218. The number of hydrogen-bond acceptors (Lipinski definition) is 5. The fourth-order valence-electron chi connectivity index (χ4n) is 0.532. The fourth-order valence-corrected chi connectivity index (χ4v) is 1.15. The number of likely N-dealkylation sites (N-methyl/N-ethyl adjacent to an activating group) is 1. The first-order chi connectivity index (χ1) is 6.48. The highest BCUT2D eigenvalue weighted by molar-refractivity contribution is 7.47. The molecule has 6 nitrogen and oxygen atoms in total. The zero-order chi connectivity index (χ0) is 11.0. The van der Waals surface area contributed by atoms with Crippen LogP contribution in [0.25, 0.3) is 0 Å². The minimum absolute atomic E-state index is 0.105. The predicted molar refractivity (Wildman–Crippen MR) is 51.6 cm³/mol. The van der Waals surface area contributed by atoms with Gasteiger partial charge in [-0.15, -0.1) is 0 Å². The van der Waals surface area contributed by atoms with E-state index in [1.54, 1.807) is 0 Å². The third-order valence-corrected chi connectivity index (χ3v) is 2.09. The molecule has 0 spiro atoms.